The van der Waals surface area contributed by atoms with Crippen LogP contribution in [0.15, 0.2) is 51.2 Å². The third-order valence-electron chi connectivity index (χ3n) is 6.96. The summed E-state index contributed by atoms with van der Waals surface area (Å²) >= 11 is 1.54. The first-order valence-electron chi connectivity index (χ1n) is 12.2. The molecule has 0 bridgehead atoms. The molecule has 3 heterocycles. The van der Waals surface area contributed by atoms with Crippen LogP contribution in [0.4, 0.5) is 0 Å². The van der Waals surface area contributed by atoms with E-state index in [4.69, 9.17) is 4.52 Å². The van der Waals surface area contributed by atoms with Crippen LogP contribution in [0.3, 0.4) is 0 Å². The molecule has 5 rings (SSSR count). The summed E-state index contributed by atoms with van der Waals surface area (Å²) < 4.78 is 33.5. The van der Waals surface area contributed by atoms with E-state index < -0.39 is 10.0 Å². The lowest BCUT2D eigenvalue weighted by Gasteiger charge is -2.36. The lowest BCUT2D eigenvalue weighted by atomic mass is 9.97. The van der Waals surface area contributed by atoms with E-state index in [-0.39, 0.29) is 35.9 Å². The van der Waals surface area contributed by atoms with Crippen LogP contribution in [0, 0.1) is 12.8 Å². The summed E-state index contributed by atoms with van der Waals surface area (Å²) in [5.41, 5.74) is 1.01. The van der Waals surface area contributed by atoms with Gasteiger partial charge in [0.2, 0.25) is 27.6 Å². The van der Waals surface area contributed by atoms with Crippen LogP contribution in [-0.2, 0) is 21.4 Å². The van der Waals surface area contributed by atoms with Gasteiger partial charge in [-0.1, -0.05) is 41.8 Å². The molecule has 8 nitrogen and oxygen atoms in total. The Morgan fingerprint density at radius 2 is 1.91 bits per heavy atom. The summed E-state index contributed by atoms with van der Waals surface area (Å²) in [5, 5.41) is 6.05. The van der Waals surface area contributed by atoms with Crippen molar-refractivity contribution in [3.63, 3.8) is 0 Å². The van der Waals surface area contributed by atoms with E-state index in [1.54, 1.807) is 24.3 Å². The van der Waals surface area contributed by atoms with Crippen LogP contribution < -0.4 is 0 Å². The Kier molecular flexibility index (Phi) is 7.04. The Morgan fingerprint density at radius 3 is 2.63 bits per heavy atom. The van der Waals surface area contributed by atoms with Crippen LogP contribution in [0.25, 0.3) is 10.7 Å². The summed E-state index contributed by atoms with van der Waals surface area (Å²) in [6, 6.07) is 10.9. The minimum absolute atomic E-state index is 0.0171. The fraction of sp³-hybridized carbons (Fsp3) is 0.480. The zero-order valence-corrected chi connectivity index (χ0v) is 21.4. The van der Waals surface area contributed by atoms with Crippen molar-refractivity contribution in [3.05, 3.63) is 53.2 Å². The summed E-state index contributed by atoms with van der Waals surface area (Å²) in [6.07, 6.45) is 5.37. The van der Waals surface area contributed by atoms with Gasteiger partial charge in [-0.2, -0.15) is 9.29 Å². The second kappa shape index (κ2) is 10.2. The number of piperidine rings is 1. The summed E-state index contributed by atoms with van der Waals surface area (Å²) in [5.74, 6) is 0.538. The molecular formula is C25H30N4O4S2. The molecule has 1 aliphatic carbocycles. The number of sulfonamides is 1. The molecule has 2 aliphatic rings. The normalized spacial score (nSPS) is 19.7. The largest absolute Gasteiger partial charge is 0.337 e. The molecule has 1 amide bonds. The van der Waals surface area contributed by atoms with Gasteiger partial charge in [-0.25, -0.2) is 8.42 Å². The molecule has 3 aromatic rings. The van der Waals surface area contributed by atoms with Crippen LogP contribution in [-0.4, -0.2) is 52.8 Å². The average molecular weight is 515 g/mol. The third-order valence-corrected chi connectivity index (χ3v) is 9.70. The number of aromatic nitrogens is 2. The van der Waals surface area contributed by atoms with Gasteiger partial charge in [-0.3, -0.25) is 4.79 Å². The predicted octanol–water partition coefficient (Wildman–Crippen LogP) is 4.48. The zero-order valence-electron chi connectivity index (χ0n) is 19.8. The fourth-order valence-corrected chi connectivity index (χ4v) is 7.20. The third kappa shape index (κ3) is 5.19. The molecular weight excluding hydrogens is 484 g/mol. The van der Waals surface area contributed by atoms with Gasteiger partial charge in [-0.15, -0.1) is 11.3 Å². The van der Waals surface area contributed by atoms with E-state index >= 15 is 0 Å². The molecule has 0 N–H and O–H groups in total. The number of nitrogens with zero attached hydrogens (tertiary/aromatic N) is 4. The van der Waals surface area contributed by atoms with E-state index in [2.05, 4.69) is 10.1 Å². The maximum Gasteiger partial charge on any atom is 0.246 e. The van der Waals surface area contributed by atoms with E-state index in [0.29, 0.717) is 31.1 Å². The minimum Gasteiger partial charge on any atom is -0.337 e. The Morgan fingerprint density at radius 1 is 1.14 bits per heavy atom. The summed E-state index contributed by atoms with van der Waals surface area (Å²) in [6.45, 7) is 2.80. The van der Waals surface area contributed by atoms with Gasteiger partial charge >= 0.3 is 0 Å². The molecule has 1 saturated carbocycles. The number of hydrogen-bond acceptors (Lipinski definition) is 7. The van der Waals surface area contributed by atoms with Gasteiger partial charge in [0.25, 0.3) is 0 Å². The number of carbonyl (C=O) groups is 1. The second-order valence-electron chi connectivity index (χ2n) is 9.41. The highest BCUT2D eigenvalue weighted by Gasteiger charge is 2.38. The van der Waals surface area contributed by atoms with Crippen molar-refractivity contribution >= 4 is 27.3 Å². The number of rotatable bonds is 7. The number of benzene rings is 1. The first-order valence-corrected chi connectivity index (χ1v) is 14.5. The molecule has 35 heavy (non-hydrogen) atoms. The standard InChI is InChI=1S/C25H30N4O4S2/c1-18-10-12-21(13-11-18)35(31,32)28-14-4-6-19(16-28)25(30)29(20-7-2-3-8-20)17-23-26-24(27-33-23)22-9-5-15-34-22/h5,9-13,15,19-20H,2-4,6-8,14,16-17H2,1H3/t19-/m0/s1. The first kappa shape index (κ1) is 24.1. The zero-order chi connectivity index (χ0) is 24.4. The highest BCUT2D eigenvalue weighted by Crippen LogP contribution is 2.31. The van der Waals surface area contributed by atoms with E-state index in [1.807, 2.05) is 29.3 Å². The molecule has 2 fully saturated rings. The Hall–Kier alpha value is -2.56. The SMILES string of the molecule is Cc1ccc(S(=O)(=O)N2CCC[C@H](C(=O)N(Cc3nc(-c4cccs4)no3)C3CCCC3)C2)cc1. The highest BCUT2D eigenvalue weighted by molar-refractivity contribution is 7.89. The molecule has 1 aliphatic heterocycles. The fourth-order valence-electron chi connectivity index (χ4n) is 5.03. The molecule has 0 radical (unpaired) electrons. The van der Waals surface area contributed by atoms with Gasteiger partial charge in [-0.05, 0) is 56.2 Å². The smallest absolute Gasteiger partial charge is 0.246 e. The van der Waals surface area contributed by atoms with Crippen LogP contribution in [0.5, 0.6) is 0 Å². The van der Waals surface area contributed by atoms with Gasteiger partial charge in [0.15, 0.2) is 0 Å². The Bertz CT molecular complexity index is 1250. The van der Waals surface area contributed by atoms with Crippen molar-refractivity contribution in [1.29, 1.82) is 0 Å². The second-order valence-corrected chi connectivity index (χ2v) is 12.3. The first-order chi connectivity index (χ1) is 16.9. The number of carbonyl (C=O) groups excluding carboxylic acids is 1. The van der Waals surface area contributed by atoms with Gasteiger partial charge in [0, 0.05) is 19.1 Å². The summed E-state index contributed by atoms with van der Waals surface area (Å²) in [4.78, 5) is 21.4. The molecule has 10 heteroatoms. The number of hydrogen-bond donors (Lipinski definition) is 0. The van der Waals surface area contributed by atoms with Gasteiger partial charge in [0.05, 0.1) is 15.7 Å². The molecule has 0 unspecified atom stereocenters. The van der Waals surface area contributed by atoms with Crippen LogP contribution in [0.2, 0.25) is 0 Å². The van der Waals surface area contributed by atoms with Crippen LogP contribution >= 0.6 is 11.3 Å². The molecule has 0 spiro atoms. The Balaban J connectivity index is 1.34. The van der Waals surface area contributed by atoms with Crippen molar-refractivity contribution in [2.75, 3.05) is 13.1 Å². The minimum atomic E-state index is -3.65. The van der Waals surface area contributed by atoms with Crippen LogP contribution in [0.1, 0.15) is 50.0 Å². The van der Waals surface area contributed by atoms with E-state index in [0.717, 1.165) is 36.1 Å². The number of amides is 1. The van der Waals surface area contributed by atoms with Gasteiger partial charge < -0.3 is 9.42 Å². The topological polar surface area (TPSA) is 96.6 Å². The predicted molar refractivity (Wildman–Crippen MR) is 133 cm³/mol. The van der Waals surface area contributed by atoms with Crippen molar-refractivity contribution in [2.24, 2.45) is 5.92 Å². The molecule has 1 saturated heterocycles. The van der Waals surface area contributed by atoms with Crippen molar-refractivity contribution in [2.45, 2.75) is 62.9 Å². The molecule has 186 valence electrons. The lowest BCUT2D eigenvalue weighted by Crippen LogP contribution is -2.48. The monoisotopic (exact) mass is 514 g/mol. The van der Waals surface area contributed by atoms with Crippen molar-refractivity contribution in [1.82, 2.24) is 19.3 Å². The van der Waals surface area contributed by atoms with Crippen molar-refractivity contribution in [3.8, 4) is 10.7 Å². The quantitative estimate of drug-likeness (QED) is 0.461. The average Bonchev–Trinajstić information content (AvgIpc) is 3.65. The molecule has 2 aromatic heterocycles. The highest BCUT2D eigenvalue weighted by atomic mass is 32.2. The lowest BCUT2D eigenvalue weighted by molar-refractivity contribution is -0.140. The summed E-state index contributed by atoms with van der Waals surface area (Å²) in [7, 11) is -3.65. The van der Waals surface area contributed by atoms with E-state index in [9.17, 15) is 13.2 Å². The molecule has 1 aromatic carbocycles. The Labute approximate surface area is 210 Å². The maximum absolute atomic E-state index is 13.8. The molecule has 1 atom stereocenters. The van der Waals surface area contributed by atoms with E-state index in [1.165, 1.54) is 15.6 Å². The number of aryl methyl sites for hydroxylation is 1. The van der Waals surface area contributed by atoms with Crippen molar-refractivity contribution < 1.29 is 17.7 Å². The number of thiophene rings is 1. The van der Waals surface area contributed by atoms with Gasteiger partial charge in [0.1, 0.15) is 6.54 Å². The maximum atomic E-state index is 13.8.